The van der Waals surface area contributed by atoms with Crippen LogP contribution in [0.3, 0.4) is 0 Å². The van der Waals surface area contributed by atoms with Crippen molar-refractivity contribution in [3.05, 3.63) is 102 Å². The topological polar surface area (TPSA) is 30.5 Å². The number of allylic oxidation sites excluding steroid dienone is 1. The molecule has 0 atom stereocenters. The molecule has 0 saturated carbocycles. The van der Waals surface area contributed by atoms with Gasteiger partial charge >= 0.3 is 0 Å². The van der Waals surface area contributed by atoms with Crippen molar-refractivity contribution in [3.8, 4) is 33.8 Å². The molecule has 4 aromatic carbocycles. The standard InChI is InChI=1S/C30H29NO2/c1-21(18-25-12-8-9-13-28(25)31-2)26-19-27(30(33-4)29(20-26)32-3)24-16-14-23(15-17-24)22-10-6-5-7-11-22/h5-20,31H,1-4H3/b21-18+. The molecule has 0 aliphatic carbocycles. The molecule has 0 saturated heterocycles. The van der Waals surface area contributed by atoms with Gasteiger partial charge in [-0.05, 0) is 64.6 Å². The van der Waals surface area contributed by atoms with Crippen LogP contribution in [0.25, 0.3) is 33.9 Å². The second-order valence-electron chi connectivity index (χ2n) is 7.87. The lowest BCUT2D eigenvalue weighted by Crippen LogP contribution is -1.96. The maximum atomic E-state index is 5.77. The summed E-state index contributed by atoms with van der Waals surface area (Å²) in [7, 11) is 5.31. The van der Waals surface area contributed by atoms with Crippen LogP contribution in [0.15, 0.2) is 91.0 Å². The highest BCUT2D eigenvalue weighted by Crippen LogP contribution is 2.41. The van der Waals surface area contributed by atoms with Crippen LogP contribution < -0.4 is 14.8 Å². The third-order valence-electron chi connectivity index (χ3n) is 5.84. The van der Waals surface area contributed by atoms with Gasteiger partial charge in [0.1, 0.15) is 0 Å². The molecule has 33 heavy (non-hydrogen) atoms. The van der Waals surface area contributed by atoms with E-state index in [1.165, 1.54) is 11.1 Å². The first-order valence-electron chi connectivity index (χ1n) is 11.0. The molecule has 0 fully saturated rings. The lowest BCUT2D eigenvalue weighted by Gasteiger charge is -2.16. The van der Waals surface area contributed by atoms with E-state index in [2.05, 4.69) is 85.0 Å². The number of benzene rings is 4. The molecule has 0 aliphatic rings. The highest BCUT2D eigenvalue weighted by atomic mass is 16.5. The summed E-state index contributed by atoms with van der Waals surface area (Å²) in [6.45, 7) is 2.12. The number of nitrogens with one attached hydrogen (secondary N) is 1. The number of para-hydroxylation sites is 1. The molecule has 0 radical (unpaired) electrons. The first-order chi connectivity index (χ1) is 16.1. The van der Waals surface area contributed by atoms with Crippen molar-refractivity contribution < 1.29 is 9.47 Å². The van der Waals surface area contributed by atoms with Crippen LogP contribution in [0, 0.1) is 0 Å². The van der Waals surface area contributed by atoms with Crippen LogP contribution in [0.4, 0.5) is 5.69 Å². The van der Waals surface area contributed by atoms with Crippen molar-refractivity contribution in [2.75, 3.05) is 26.6 Å². The van der Waals surface area contributed by atoms with Crippen molar-refractivity contribution >= 4 is 17.3 Å². The zero-order valence-corrected chi connectivity index (χ0v) is 19.6. The van der Waals surface area contributed by atoms with Crippen molar-refractivity contribution in [2.45, 2.75) is 6.92 Å². The normalized spacial score (nSPS) is 11.2. The van der Waals surface area contributed by atoms with Gasteiger partial charge in [-0.2, -0.15) is 0 Å². The van der Waals surface area contributed by atoms with Gasteiger partial charge in [0.15, 0.2) is 11.5 Å². The summed E-state index contributed by atoms with van der Waals surface area (Å²) in [5, 5.41) is 3.26. The largest absolute Gasteiger partial charge is 0.493 e. The predicted molar refractivity (Wildman–Crippen MR) is 140 cm³/mol. The van der Waals surface area contributed by atoms with Gasteiger partial charge in [-0.15, -0.1) is 0 Å². The number of hydrogen-bond donors (Lipinski definition) is 1. The van der Waals surface area contributed by atoms with Gasteiger partial charge in [0.2, 0.25) is 0 Å². The monoisotopic (exact) mass is 435 g/mol. The van der Waals surface area contributed by atoms with Crippen molar-refractivity contribution in [1.82, 2.24) is 0 Å². The maximum absolute atomic E-state index is 5.77. The molecule has 0 spiro atoms. The second kappa shape index (κ2) is 10.1. The summed E-state index contributed by atoms with van der Waals surface area (Å²) in [5.74, 6) is 1.45. The van der Waals surface area contributed by atoms with Crippen LogP contribution in [0.1, 0.15) is 18.1 Å². The first kappa shape index (κ1) is 22.2. The average molecular weight is 436 g/mol. The summed E-state index contributed by atoms with van der Waals surface area (Å²) < 4.78 is 11.5. The maximum Gasteiger partial charge on any atom is 0.168 e. The fourth-order valence-electron chi connectivity index (χ4n) is 4.05. The summed E-state index contributed by atoms with van der Waals surface area (Å²) >= 11 is 0. The minimum atomic E-state index is 0.715. The van der Waals surface area contributed by atoms with E-state index in [-0.39, 0.29) is 0 Å². The van der Waals surface area contributed by atoms with Crippen molar-refractivity contribution in [3.63, 3.8) is 0 Å². The van der Waals surface area contributed by atoms with Gasteiger partial charge in [-0.3, -0.25) is 0 Å². The molecule has 4 rings (SSSR count). The molecular formula is C30H29NO2. The van der Waals surface area contributed by atoms with Crippen LogP contribution in [-0.4, -0.2) is 21.3 Å². The molecule has 3 nitrogen and oxygen atoms in total. The zero-order chi connectivity index (χ0) is 23.2. The van der Waals surface area contributed by atoms with Crippen LogP contribution >= 0.6 is 0 Å². The number of ether oxygens (including phenoxy) is 2. The molecule has 1 N–H and O–H groups in total. The molecule has 0 unspecified atom stereocenters. The number of hydrogen-bond acceptors (Lipinski definition) is 3. The van der Waals surface area contributed by atoms with Gasteiger partial charge in [0.25, 0.3) is 0 Å². The number of methoxy groups -OCH3 is 2. The molecule has 0 aromatic heterocycles. The fraction of sp³-hybridized carbons (Fsp3) is 0.133. The van der Waals surface area contributed by atoms with Gasteiger partial charge in [-0.25, -0.2) is 0 Å². The van der Waals surface area contributed by atoms with E-state index < -0.39 is 0 Å². The van der Waals surface area contributed by atoms with Crippen LogP contribution in [-0.2, 0) is 0 Å². The Balaban J connectivity index is 1.78. The van der Waals surface area contributed by atoms with Gasteiger partial charge < -0.3 is 14.8 Å². The molecule has 0 amide bonds. The Kier molecular flexibility index (Phi) is 6.80. The smallest absolute Gasteiger partial charge is 0.168 e. The molecule has 0 heterocycles. The quantitative estimate of drug-likeness (QED) is 0.303. The summed E-state index contributed by atoms with van der Waals surface area (Å²) in [4.78, 5) is 0. The Morgan fingerprint density at radius 1 is 0.727 bits per heavy atom. The van der Waals surface area contributed by atoms with Crippen molar-refractivity contribution in [2.24, 2.45) is 0 Å². The highest BCUT2D eigenvalue weighted by molar-refractivity contribution is 5.88. The lowest BCUT2D eigenvalue weighted by molar-refractivity contribution is 0.356. The molecule has 3 heteroatoms. The zero-order valence-electron chi connectivity index (χ0n) is 19.6. The summed E-state index contributed by atoms with van der Waals surface area (Å²) in [6, 6.07) is 31.4. The minimum absolute atomic E-state index is 0.715. The Morgan fingerprint density at radius 2 is 1.36 bits per heavy atom. The average Bonchev–Trinajstić information content (AvgIpc) is 2.88. The third kappa shape index (κ3) is 4.78. The van der Waals surface area contributed by atoms with Gasteiger partial charge in [0, 0.05) is 18.3 Å². The van der Waals surface area contributed by atoms with E-state index in [0.29, 0.717) is 5.75 Å². The SMILES string of the molecule is CNc1ccccc1/C=C(\C)c1cc(OC)c(OC)c(-c2ccc(-c3ccccc3)cc2)c1. The Morgan fingerprint density at radius 3 is 2.03 bits per heavy atom. The number of rotatable bonds is 7. The Hall–Kier alpha value is -3.98. The fourth-order valence-corrected chi connectivity index (χ4v) is 4.05. The van der Waals surface area contributed by atoms with E-state index in [1.54, 1.807) is 14.2 Å². The lowest BCUT2D eigenvalue weighted by atomic mass is 9.95. The summed E-state index contributed by atoms with van der Waals surface area (Å²) in [5.41, 5.74) is 8.92. The molecular weight excluding hydrogens is 406 g/mol. The van der Waals surface area contributed by atoms with Gasteiger partial charge in [0.05, 0.1) is 14.2 Å². The predicted octanol–water partition coefficient (Wildman–Crippen LogP) is 7.64. The van der Waals surface area contributed by atoms with E-state index in [1.807, 2.05) is 31.3 Å². The molecule has 0 bridgehead atoms. The number of anilines is 1. The highest BCUT2D eigenvalue weighted by Gasteiger charge is 2.15. The summed E-state index contributed by atoms with van der Waals surface area (Å²) in [6.07, 6.45) is 2.19. The Labute approximate surface area is 196 Å². The minimum Gasteiger partial charge on any atom is -0.493 e. The van der Waals surface area contributed by atoms with E-state index in [9.17, 15) is 0 Å². The molecule has 4 aromatic rings. The Bertz CT molecular complexity index is 1260. The van der Waals surface area contributed by atoms with E-state index in [0.717, 1.165) is 39.3 Å². The van der Waals surface area contributed by atoms with Crippen LogP contribution in [0.5, 0.6) is 11.5 Å². The van der Waals surface area contributed by atoms with E-state index in [4.69, 9.17) is 9.47 Å². The second-order valence-corrected chi connectivity index (χ2v) is 7.87. The van der Waals surface area contributed by atoms with Crippen LogP contribution in [0.2, 0.25) is 0 Å². The van der Waals surface area contributed by atoms with Crippen molar-refractivity contribution in [1.29, 1.82) is 0 Å². The molecule has 0 aliphatic heterocycles. The first-order valence-corrected chi connectivity index (χ1v) is 11.0. The third-order valence-corrected chi connectivity index (χ3v) is 5.84. The molecule has 166 valence electrons. The van der Waals surface area contributed by atoms with E-state index >= 15 is 0 Å². The van der Waals surface area contributed by atoms with Gasteiger partial charge in [-0.1, -0.05) is 72.8 Å².